The van der Waals surface area contributed by atoms with Gasteiger partial charge in [0, 0.05) is 31.4 Å². The van der Waals surface area contributed by atoms with Crippen molar-refractivity contribution in [2.75, 3.05) is 0 Å². The maximum atomic E-state index is 12.5. The number of carbonyl (C=O) groups excluding carboxylic acids is 1. The minimum absolute atomic E-state index is 0.116. The van der Waals surface area contributed by atoms with E-state index in [1.54, 1.807) is 6.20 Å². The van der Waals surface area contributed by atoms with Crippen molar-refractivity contribution in [1.29, 1.82) is 0 Å². The summed E-state index contributed by atoms with van der Waals surface area (Å²) in [7, 11) is 0. The number of amides is 1. The quantitative estimate of drug-likeness (QED) is 0.741. The van der Waals surface area contributed by atoms with Gasteiger partial charge in [-0.05, 0) is 41.5 Å². The molecule has 4 heteroatoms. The molecule has 1 fully saturated rings. The molecule has 1 saturated carbocycles. The van der Waals surface area contributed by atoms with Gasteiger partial charge in [0.1, 0.15) is 0 Å². The predicted molar refractivity (Wildman–Crippen MR) is 102 cm³/mol. The molecular weight excluding hydrogens is 322 g/mol. The number of aromatic nitrogens is 2. The summed E-state index contributed by atoms with van der Waals surface area (Å²) in [6, 6.07) is 16.7. The van der Waals surface area contributed by atoms with Crippen molar-refractivity contribution in [3.8, 4) is 0 Å². The highest BCUT2D eigenvalue weighted by Gasteiger charge is 2.44. The number of rotatable bonds is 6. The van der Waals surface area contributed by atoms with Gasteiger partial charge in [0.05, 0.1) is 6.33 Å². The monoisotopic (exact) mass is 345 g/mol. The average Bonchev–Trinajstić information content (AvgIpc) is 3.28. The summed E-state index contributed by atoms with van der Waals surface area (Å²) in [5, 5.41) is 3.11. The first kappa shape index (κ1) is 16.6. The Labute approximate surface area is 153 Å². The number of aryl methyl sites for hydroxylation is 1. The molecule has 1 heterocycles. The van der Waals surface area contributed by atoms with Gasteiger partial charge in [0.15, 0.2) is 0 Å². The van der Waals surface area contributed by atoms with Crippen LogP contribution < -0.4 is 5.32 Å². The minimum atomic E-state index is 0.116. The van der Waals surface area contributed by atoms with E-state index in [0.29, 0.717) is 12.5 Å². The molecule has 1 amide bonds. The first-order chi connectivity index (χ1) is 12.7. The molecule has 2 atom stereocenters. The summed E-state index contributed by atoms with van der Waals surface area (Å²) >= 11 is 0. The van der Waals surface area contributed by atoms with Gasteiger partial charge in [-0.2, -0.15) is 0 Å². The van der Waals surface area contributed by atoms with Gasteiger partial charge in [0.25, 0.3) is 0 Å². The molecule has 1 aliphatic carbocycles. The highest BCUT2D eigenvalue weighted by atomic mass is 16.2. The Morgan fingerprint density at radius 1 is 1.19 bits per heavy atom. The summed E-state index contributed by atoms with van der Waals surface area (Å²) < 4.78 is 2.04. The molecule has 2 unspecified atom stereocenters. The fraction of sp³-hybridized carbons (Fsp3) is 0.273. The number of nitrogens with zero attached hydrogens (tertiary/aromatic N) is 2. The van der Waals surface area contributed by atoms with E-state index >= 15 is 0 Å². The minimum Gasteiger partial charge on any atom is -0.352 e. The predicted octanol–water partition coefficient (Wildman–Crippen LogP) is 3.66. The van der Waals surface area contributed by atoms with E-state index in [1.807, 2.05) is 29.2 Å². The van der Waals surface area contributed by atoms with Crippen LogP contribution in [0.25, 0.3) is 0 Å². The summed E-state index contributed by atoms with van der Waals surface area (Å²) in [5.74, 6) is 0.660. The van der Waals surface area contributed by atoms with Gasteiger partial charge in [0.2, 0.25) is 5.91 Å². The van der Waals surface area contributed by atoms with E-state index in [4.69, 9.17) is 0 Å². The van der Waals surface area contributed by atoms with Crippen molar-refractivity contribution in [2.45, 2.75) is 32.4 Å². The number of hydrogen-bond donors (Lipinski definition) is 1. The van der Waals surface area contributed by atoms with E-state index in [1.165, 1.54) is 16.7 Å². The van der Waals surface area contributed by atoms with E-state index in [9.17, 15) is 4.79 Å². The summed E-state index contributed by atoms with van der Waals surface area (Å²) in [6.07, 6.45) is 6.50. The van der Waals surface area contributed by atoms with Gasteiger partial charge in [-0.15, -0.1) is 0 Å². The maximum Gasteiger partial charge on any atom is 0.224 e. The van der Waals surface area contributed by atoms with E-state index in [0.717, 1.165) is 18.5 Å². The second-order valence-corrected chi connectivity index (χ2v) is 7.08. The molecule has 0 radical (unpaired) electrons. The zero-order chi connectivity index (χ0) is 17.9. The maximum absolute atomic E-state index is 12.5. The molecule has 1 aliphatic rings. The van der Waals surface area contributed by atoms with Crippen LogP contribution in [0, 0.1) is 12.8 Å². The Kier molecular flexibility index (Phi) is 4.57. The van der Waals surface area contributed by atoms with Crippen LogP contribution in [-0.4, -0.2) is 15.5 Å². The highest BCUT2D eigenvalue weighted by Crippen LogP contribution is 2.48. The molecule has 2 aromatic carbocycles. The van der Waals surface area contributed by atoms with Crippen LogP contribution in [0.5, 0.6) is 0 Å². The first-order valence-electron chi connectivity index (χ1n) is 9.07. The van der Waals surface area contributed by atoms with Crippen LogP contribution in [0.1, 0.15) is 34.6 Å². The first-order valence-corrected chi connectivity index (χ1v) is 9.07. The summed E-state index contributed by atoms with van der Waals surface area (Å²) in [6.45, 7) is 3.49. The van der Waals surface area contributed by atoms with Crippen LogP contribution in [0.4, 0.5) is 0 Å². The standard InChI is InChI=1S/C22H23N3O/c1-16-5-2-3-8-19(16)20-12-21(20)22(26)24-13-17-6-4-7-18(11-17)14-25-10-9-23-15-25/h2-11,15,20-21H,12-14H2,1H3,(H,24,26). The lowest BCUT2D eigenvalue weighted by Crippen LogP contribution is -2.25. The van der Waals surface area contributed by atoms with E-state index < -0.39 is 0 Å². The van der Waals surface area contributed by atoms with Gasteiger partial charge in [-0.1, -0.05) is 48.5 Å². The molecule has 1 aromatic heterocycles. The van der Waals surface area contributed by atoms with E-state index in [-0.39, 0.29) is 11.8 Å². The molecule has 1 N–H and O–H groups in total. The molecule has 132 valence electrons. The van der Waals surface area contributed by atoms with Crippen LogP contribution in [-0.2, 0) is 17.9 Å². The van der Waals surface area contributed by atoms with Crippen molar-refractivity contribution < 1.29 is 4.79 Å². The lowest BCUT2D eigenvalue weighted by molar-refractivity contribution is -0.122. The Morgan fingerprint density at radius 2 is 2.04 bits per heavy atom. The molecule has 0 bridgehead atoms. The Hall–Kier alpha value is -2.88. The Bertz CT molecular complexity index is 901. The highest BCUT2D eigenvalue weighted by molar-refractivity contribution is 5.83. The average molecular weight is 345 g/mol. The number of carbonyl (C=O) groups is 1. The van der Waals surface area contributed by atoms with Gasteiger partial charge in [-0.3, -0.25) is 4.79 Å². The molecule has 3 aromatic rings. The number of imidazole rings is 1. The molecule has 4 rings (SSSR count). The lowest BCUT2D eigenvalue weighted by Gasteiger charge is -2.09. The normalized spacial score (nSPS) is 18.5. The van der Waals surface area contributed by atoms with Gasteiger partial charge < -0.3 is 9.88 Å². The smallest absolute Gasteiger partial charge is 0.224 e. The second-order valence-electron chi connectivity index (χ2n) is 7.08. The van der Waals surface area contributed by atoms with E-state index in [2.05, 4.69) is 53.6 Å². The van der Waals surface area contributed by atoms with Crippen molar-refractivity contribution in [1.82, 2.24) is 14.9 Å². The number of benzene rings is 2. The third-order valence-electron chi connectivity index (χ3n) is 5.10. The van der Waals surface area contributed by atoms with Crippen molar-refractivity contribution in [2.24, 2.45) is 5.92 Å². The molecule has 0 aliphatic heterocycles. The molecular formula is C22H23N3O. The van der Waals surface area contributed by atoms with Crippen molar-refractivity contribution in [3.63, 3.8) is 0 Å². The molecule has 4 nitrogen and oxygen atoms in total. The second kappa shape index (κ2) is 7.16. The van der Waals surface area contributed by atoms with Crippen LogP contribution >= 0.6 is 0 Å². The molecule has 26 heavy (non-hydrogen) atoms. The number of hydrogen-bond acceptors (Lipinski definition) is 2. The third-order valence-corrected chi connectivity index (χ3v) is 5.10. The number of nitrogens with one attached hydrogen (secondary N) is 1. The lowest BCUT2D eigenvalue weighted by atomic mass is 10.0. The summed E-state index contributed by atoms with van der Waals surface area (Å²) in [5.41, 5.74) is 4.93. The third kappa shape index (κ3) is 3.69. The van der Waals surface area contributed by atoms with Crippen LogP contribution in [0.3, 0.4) is 0 Å². The fourth-order valence-corrected chi connectivity index (χ4v) is 3.58. The fourth-order valence-electron chi connectivity index (χ4n) is 3.58. The van der Waals surface area contributed by atoms with Crippen molar-refractivity contribution in [3.05, 3.63) is 89.5 Å². The van der Waals surface area contributed by atoms with Crippen LogP contribution in [0.2, 0.25) is 0 Å². The largest absolute Gasteiger partial charge is 0.352 e. The Balaban J connectivity index is 1.33. The zero-order valence-electron chi connectivity index (χ0n) is 14.9. The van der Waals surface area contributed by atoms with Gasteiger partial charge in [-0.25, -0.2) is 4.98 Å². The molecule has 0 spiro atoms. The topological polar surface area (TPSA) is 46.9 Å². The van der Waals surface area contributed by atoms with Crippen LogP contribution in [0.15, 0.2) is 67.3 Å². The van der Waals surface area contributed by atoms with Gasteiger partial charge >= 0.3 is 0 Å². The SMILES string of the molecule is Cc1ccccc1C1CC1C(=O)NCc1cccc(Cn2ccnc2)c1. The van der Waals surface area contributed by atoms with Crippen molar-refractivity contribution >= 4 is 5.91 Å². The summed E-state index contributed by atoms with van der Waals surface area (Å²) in [4.78, 5) is 16.6. The molecule has 0 saturated heterocycles. The zero-order valence-corrected chi connectivity index (χ0v) is 14.9. The Morgan fingerprint density at radius 3 is 2.85 bits per heavy atom.